The number of aromatic nitrogens is 2. The number of hydrogen-bond donors (Lipinski definition) is 3. The summed E-state index contributed by atoms with van der Waals surface area (Å²) < 4.78 is 6.03. The largest absolute Gasteiger partial charge is 0.493 e. The van der Waals surface area contributed by atoms with Gasteiger partial charge in [-0.05, 0) is 61.3 Å². The van der Waals surface area contributed by atoms with Gasteiger partial charge in [-0.2, -0.15) is 0 Å². The molecule has 2 atom stereocenters. The molecule has 208 valence electrons. The van der Waals surface area contributed by atoms with Crippen LogP contribution >= 0.6 is 11.6 Å². The number of benzene rings is 2. The Labute approximate surface area is 242 Å². The van der Waals surface area contributed by atoms with Crippen LogP contribution in [0.15, 0.2) is 85.2 Å². The molecule has 2 amide bonds. The third-order valence-corrected chi connectivity index (χ3v) is 7.70. The first-order valence-electron chi connectivity index (χ1n) is 13.4. The van der Waals surface area contributed by atoms with Gasteiger partial charge in [-0.25, -0.2) is 19.7 Å². The number of piperidine rings is 1. The van der Waals surface area contributed by atoms with E-state index in [0.29, 0.717) is 41.5 Å². The van der Waals surface area contributed by atoms with Crippen LogP contribution in [0.1, 0.15) is 24.0 Å². The molecule has 0 radical (unpaired) electrons. The van der Waals surface area contributed by atoms with Crippen LogP contribution in [0, 0.1) is 0 Å². The summed E-state index contributed by atoms with van der Waals surface area (Å²) in [6.07, 6.45) is 4.28. The molecule has 0 saturated carbocycles. The molecular formula is C31H28ClN5O4. The van der Waals surface area contributed by atoms with Gasteiger partial charge in [-0.3, -0.25) is 4.79 Å². The lowest BCUT2D eigenvalue weighted by Gasteiger charge is -2.44. The van der Waals surface area contributed by atoms with E-state index in [4.69, 9.17) is 16.3 Å². The van der Waals surface area contributed by atoms with Crippen LogP contribution in [0.2, 0.25) is 5.02 Å². The van der Waals surface area contributed by atoms with Crippen LogP contribution in [-0.2, 0) is 21.6 Å². The number of aromatic hydroxyl groups is 1. The van der Waals surface area contributed by atoms with E-state index < -0.39 is 23.6 Å². The van der Waals surface area contributed by atoms with Crippen LogP contribution < -0.4 is 15.5 Å². The summed E-state index contributed by atoms with van der Waals surface area (Å²) in [4.78, 5) is 37.3. The first-order chi connectivity index (χ1) is 19.9. The number of halogens is 1. The minimum atomic E-state index is -0.880. The van der Waals surface area contributed by atoms with Crippen molar-refractivity contribution < 1.29 is 19.4 Å². The van der Waals surface area contributed by atoms with E-state index in [1.165, 1.54) is 6.07 Å². The topological polar surface area (TPSA) is 117 Å². The van der Waals surface area contributed by atoms with E-state index in [1.807, 2.05) is 36.4 Å². The highest BCUT2D eigenvalue weighted by molar-refractivity contribution is 6.31. The number of amides is 2. The standard InChI is InChI=1S/C31H28ClN5O4/c32-23-9-10-26-24(16-23)31(13-4-14-33-19-31)41-30(40)37(26)29(39)25(15-20-5-2-1-3-6-20)36-27-11-7-21(17-34-27)22-8-12-28(38)35-18-22/h1-3,5-12,16-18,25,33H,4,13-15,19H2,(H,34,36)(H,35,38)/t25-,31-/m0/s1. The zero-order valence-corrected chi connectivity index (χ0v) is 22.8. The molecule has 1 saturated heterocycles. The van der Waals surface area contributed by atoms with Crippen molar-refractivity contribution in [3.05, 3.63) is 101 Å². The molecular weight excluding hydrogens is 542 g/mol. The lowest BCUT2D eigenvalue weighted by molar-refractivity contribution is -0.119. The molecule has 0 bridgehead atoms. The number of carbonyl (C=O) groups is 2. The molecule has 1 fully saturated rings. The number of hydrogen-bond acceptors (Lipinski definition) is 8. The summed E-state index contributed by atoms with van der Waals surface area (Å²) in [7, 11) is 0. The van der Waals surface area contributed by atoms with E-state index in [2.05, 4.69) is 20.6 Å². The Morgan fingerprint density at radius 1 is 1.07 bits per heavy atom. The Morgan fingerprint density at radius 2 is 1.85 bits per heavy atom. The quantitative estimate of drug-likeness (QED) is 0.287. The van der Waals surface area contributed by atoms with Crippen molar-refractivity contribution in [2.24, 2.45) is 0 Å². The fraction of sp³-hybridized carbons (Fsp3) is 0.226. The van der Waals surface area contributed by atoms with E-state index in [9.17, 15) is 14.7 Å². The van der Waals surface area contributed by atoms with Crippen molar-refractivity contribution in [3.8, 4) is 17.0 Å². The van der Waals surface area contributed by atoms with Gasteiger partial charge in [0, 0.05) is 53.1 Å². The number of rotatable bonds is 6. The highest BCUT2D eigenvalue weighted by Gasteiger charge is 2.48. The van der Waals surface area contributed by atoms with Crippen molar-refractivity contribution >= 4 is 35.1 Å². The highest BCUT2D eigenvalue weighted by atomic mass is 35.5. The summed E-state index contributed by atoms with van der Waals surface area (Å²) in [6, 6.07) is 20.8. The van der Waals surface area contributed by atoms with Crippen molar-refractivity contribution in [3.63, 3.8) is 0 Å². The number of imide groups is 1. The number of carbonyl (C=O) groups excluding carboxylic acids is 2. The maximum Gasteiger partial charge on any atom is 0.422 e. The lowest BCUT2D eigenvalue weighted by atomic mass is 9.84. The molecule has 2 aliphatic rings. The molecule has 41 heavy (non-hydrogen) atoms. The van der Waals surface area contributed by atoms with Crippen molar-refractivity contribution in [1.82, 2.24) is 15.3 Å². The summed E-state index contributed by atoms with van der Waals surface area (Å²) in [6.45, 7) is 1.28. The van der Waals surface area contributed by atoms with E-state index in [0.717, 1.165) is 34.6 Å². The van der Waals surface area contributed by atoms with E-state index in [-0.39, 0.29) is 5.88 Å². The monoisotopic (exact) mass is 569 g/mol. The molecule has 3 N–H and O–H groups in total. The summed E-state index contributed by atoms with van der Waals surface area (Å²) in [5.74, 6) is -0.0629. The molecule has 10 heteroatoms. The molecule has 6 rings (SSSR count). The Kier molecular flexibility index (Phi) is 7.30. The second-order valence-electron chi connectivity index (χ2n) is 10.2. The number of pyridine rings is 2. The Morgan fingerprint density at radius 3 is 2.54 bits per heavy atom. The predicted octanol–water partition coefficient (Wildman–Crippen LogP) is 5.29. The van der Waals surface area contributed by atoms with Gasteiger partial charge in [0.2, 0.25) is 5.88 Å². The fourth-order valence-electron chi connectivity index (χ4n) is 5.43. The van der Waals surface area contributed by atoms with Crippen LogP contribution in [0.4, 0.5) is 16.3 Å². The molecule has 1 spiro atoms. The average molecular weight is 570 g/mol. The second-order valence-corrected chi connectivity index (χ2v) is 10.6. The fourth-order valence-corrected chi connectivity index (χ4v) is 5.60. The minimum absolute atomic E-state index is 0.0620. The zero-order chi connectivity index (χ0) is 28.4. The van der Waals surface area contributed by atoms with Gasteiger partial charge in [0.15, 0.2) is 5.60 Å². The van der Waals surface area contributed by atoms with Crippen LogP contribution in [0.25, 0.3) is 11.1 Å². The molecule has 2 aromatic heterocycles. The van der Waals surface area contributed by atoms with Gasteiger partial charge in [-0.1, -0.05) is 41.9 Å². The first kappa shape index (κ1) is 26.7. The smallest absolute Gasteiger partial charge is 0.422 e. The van der Waals surface area contributed by atoms with Crippen LogP contribution in [0.3, 0.4) is 0 Å². The predicted molar refractivity (Wildman–Crippen MR) is 156 cm³/mol. The minimum Gasteiger partial charge on any atom is -0.493 e. The van der Waals surface area contributed by atoms with Crippen LogP contribution in [0.5, 0.6) is 5.88 Å². The third kappa shape index (κ3) is 5.46. The average Bonchev–Trinajstić information content (AvgIpc) is 2.99. The van der Waals surface area contributed by atoms with Gasteiger partial charge in [0.25, 0.3) is 5.91 Å². The number of ether oxygens (including phenoxy) is 1. The molecule has 0 aliphatic carbocycles. The van der Waals surface area contributed by atoms with E-state index in [1.54, 1.807) is 42.7 Å². The van der Waals surface area contributed by atoms with Gasteiger partial charge < -0.3 is 20.5 Å². The second kappa shape index (κ2) is 11.2. The number of nitrogens with one attached hydrogen (secondary N) is 2. The third-order valence-electron chi connectivity index (χ3n) is 7.47. The van der Waals surface area contributed by atoms with Gasteiger partial charge >= 0.3 is 6.09 Å². The molecule has 4 aromatic rings. The van der Waals surface area contributed by atoms with Crippen molar-refractivity contribution in [2.75, 3.05) is 23.3 Å². The molecule has 2 aromatic carbocycles. The zero-order valence-electron chi connectivity index (χ0n) is 22.1. The van der Waals surface area contributed by atoms with Crippen molar-refractivity contribution in [1.29, 1.82) is 0 Å². The SMILES string of the molecule is O=C1O[C@]2(CCCNC2)c2cc(Cl)ccc2N1C(=O)[C@H](Cc1ccccc1)Nc1ccc(-c2ccc(O)nc2)cn1. The Bertz CT molecular complexity index is 1560. The Balaban J connectivity index is 1.33. The first-order valence-corrected chi connectivity index (χ1v) is 13.8. The highest BCUT2D eigenvalue weighted by Crippen LogP contribution is 2.44. The molecule has 4 heterocycles. The molecule has 0 unspecified atom stereocenters. The normalized spacial score (nSPS) is 18.9. The van der Waals surface area contributed by atoms with Gasteiger partial charge in [-0.15, -0.1) is 0 Å². The Hall–Kier alpha value is -4.47. The summed E-state index contributed by atoms with van der Waals surface area (Å²) in [5, 5.41) is 16.5. The summed E-state index contributed by atoms with van der Waals surface area (Å²) >= 11 is 6.38. The van der Waals surface area contributed by atoms with Crippen molar-refractivity contribution in [2.45, 2.75) is 30.9 Å². The number of anilines is 2. The van der Waals surface area contributed by atoms with Gasteiger partial charge in [0.05, 0.1) is 5.69 Å². The lowest BCUT2D eigenvalue weighted by Crippen LogP contribution is -2.57. The maximum atomic E-state index is 14.2. The summed E-state index contributed by atoms with van der Waals surface area (Å²) in [5.41, 5.74) is 2.81. The number of fused-ring (bicyclic) bond motifs is 2. The maximum absolute atomic E-state index is 14.2. The van der Waals surface area contributed by atoms with Gasteiger partial charge in [0.1, 0.15) is 11.9 Å². The van der Waals surface area contributed by atoms with Crippen LogP contribution in [-0.4, -0.2) is 46.2 Å². The molecule has 9 nitrogen and oxygen atoms in total. The molecule has 2 aliphatic heterocycles. The van der Waals surface area contributed by atoms with E-state index >= 15 is 0 Å². The number of nitrogens with zero attached hydrogens (tertiary/aromatic N) is 3.